The van der Waals surface area contributed by atoms with Crippen LogP contribution in [0.2, 0.25) is 0 Å². The molecule has 6 heteroatoms. The highest BCUT2D eigenvalue weighted by Gasteiger charge is 2.06. The van der Waals surface area contributed by atoms with Crippen LogP contribution in [0.4, 0.5) is 5.69 Å². The normalized spacial score (nSPS) is 11.0. The minimum Gasteiger partial charge on any atom is -0.491 e. The molecule has 120 valence electrons. The van der Waals surface area contributed by atoms with Crippen LogP contribution in [0.5, 0.6) is 5.75 Å². The highest BCUT2D eigenvalue weighted by Crippen LogP contribution is 2.25. The van der Waals surface area contributed by atoms with E-state index in [2.05, 4.69) is 38.8 Å². The molecule has 2 aromatic carbocycles. The van der Waals surface area contributed by atoms with E-state index in [-0.39, 0.29) is 0 Å². The second-order valence-corrected chi connectivity index (χ2v) is 5.55. The summed E-state index contributed by atoms with van der Waals surface area (Å²) in [6.07, 6.45) is 1.60. The number of fused-ring (bicyclic) bond motifs is 2. The van der Waals surface area contributed by atoms with E-state index in [4.69, 9.17) is 4.74 Å². The number of nitrogens with one attached hydrogen (secondary N) is 1. The zero-order valence-corrected chi connectivity index (χ0v) is 13.3. The molecule has 0 radical (unpaired) electrons. The van der Waals surface area contributed by atoms with Gasteiger partial charge in [0.05, 0.1) is 11.4 Å². The smallest absolute Gasteiger partial charge is 0.200 e. The van der Waals surface area contributed by atoms with E-state index in [9.17, 15) is 0 Å². The maximum absolute atomic E-state index is 5.94. The maximum Gasteiger partial charge on any atom is 0.200 e. The molecule has 0 amide bonds. The molecule has 0 bridgehead atoms. The predicted octanol–water partition coefficient (Wildman–Crippen LogP) is 3.08. The molecule has 0 aliphatic carbocycles. The number of hydrogen-bond donors (Lipinski definition) is 1. The first-order chi connectivity index (χ1) is 11.8. The predicted molar refractivity (Wildman–Crippen MR) is 93.5 cm³/mol. The SMILES string of the molecule is Cc1cc(NCCOc2cccc3ccccc23)c2nncn2n1. The Morgan fingerprint density at radius 2 is 2.00 bits per heavy atom. The summed E-state index contributed by atoms with van der Waals surface area (Å²) in [7, 11) is 0. The van der Waals surface area contributed by atoms with Gasteiger partial charge in [0.25, 0.3) is 0 Å². The van der Waals surface area contributed by atoms with E-state index >= 15 is 0 Å². The lowest BCUT2D eigenvalue weighted by Crippen LogP contribution is -2.13. The van der Waals surface area contributed by atoms with Gasteiger partial charge in [-0.3, -0.25) is 0 Å². The summed E-state index contributed by atoms with van der Waals surface area (Å²) in [5, 5.41) is 18.0. The monoisotopic (exact) mass is 319 g/mol. The molecule has 0 aliphatic rings. The molecule has 2 aromatic heterocycles. The van der Waals surface area contributed by atoms with Crippen LogP contribution in [0.25, 0.3) is 16.4 Å². The number of nitrogens with zero attached hydrogens (tertiary/aromatic N) is 4. The molecule has 1 N–H and O–H groups in total. The Bertz CT molecular complexity index is 990. The lowest BCUT2D eigenvalue weighted by molar-refractivity contribution is 0.337. The summed E-state index contributed by atoms with van der Waals surface area (Å²) in [6, 6.07) is 16.3. The van der Waals surface area contributed by atoms with Crippen LogP contribution in [0.15, 0.2) is 54.9 Å². The number of benzene rings is 2. The second kappa shape index (κ2) is 6.16. The first kappa shape index (κ1) is 14.4. The lowest BCUT2D eigenvalue weighted by Gasteiger charge is -2.11. The third kappa shape index (κ3) is 2.74. The van der Waals surface area contributed by atoms with Gasteiger partial charge in [-0.15, -0.1) is 10.2 Å². The van der Waals surface area contributed by atoms with Crippen molar-refractivity contribution < 1.29 is 4.74 Å². The Balaban J connectivity index is 1.45. The van der Waals surface area contributed by atoms with Crippen LogP contribution in [0, 0.1) is 6.92 Å². The lowest BCUT2D eigenvalue weighted by atomic mass is 10.1. The van der Waals surface area contributed by atoms with Crippen molar-refractivity contribution in [2.45, 2.75) is 6.92 Å². The molecule has 0 unspecified atom stereocenters. The molecule has 0 aliphatic heterocycles. The Morgan fingerprint density at radius 1 is 1.12 bits per heavy atom. The van der Waals surface area contributed by atoms with Gasteiger partial charge in [0, 0.05) is 11.9 Å². The van der Waals surface area contributed by atoms with Crippen LogP contribution in [-0.2, 0) is 0 Å². The third-order valence-electron chi connectivity index (χ3n) is 3.81. The molecule has 0 atom stereocenters. The van der Waals surface area contributed by atoms with Gasteiger partial charge in [0.2, 0.25) is 5.65 Å². The van der Waals surface area contributed by atoms with Gasteiger partial charge in [-0.1, -0.05) is 36.4 Å². The van der Waals surface area contributed by atoms with Crippen LogP contribution in [0.3, 0.4) is 0 Å². The molecule has 0 saturated heterocycles. The van der Waals surface area contributed by atoms with Gasteiger partial charge < -0.3 is 10.1 Å². The number of rotatable bonds is 5. The molecule has 0 saturated carbocycles. The molecule has 6 nitrogen and oxygen atoms in total. The van der Waals surface area contributed by atoms with Crippen molar-refractivity contribution in [2.24, 2.45) is 0 Å². The zero-order chi connectivity index (χ0) is 16.4. The largest absolute Gasteiger partial charge is 0.491 e. The summed E-state index contributed by atoms with van der Waals surface area (Å²) in [5.41, 5.74) is 2.52. The minimum atomic E-state index is 0.551. The average molecular weight is 319 g/mol. The maximum atomic E-state index is 5.94. The van der Waals surface area contributed by atoms with Gasteiger partial charge in [0.15, 0.2) is 0 Å². The molecule has 2 heterocycles. The Hall–Kier alpha value is -3.15. The molecule has 0 fully saturated rings. The van der Waals surface area contributed by atoms with Crippen LogP contribution in [0.1, 0.15) is 5.69 Å². The minimum absolute atomic E-state index is 0.551. The van der Waals surface area contributed by atoms with Gasteiger partial charge in [-0.25, -0.2) is 0 Å². The number of aryl methyl sites for hydroxylation is 1. The number of ether oxygens (including phenoxy) is 1. The highest BCUT2D eigenvalue weighted by atomic mass is 16.5. The standard InChI is InChI=1S/C18H17N5O/c1-13-11-16(18-21-20-12-23(18)22-13)19-9-10-24-17-8-4-6-14-5-2-3-7-15(14)17/h2-8,11-12,19H,9-10H2,1H3. The van der Waals surface area contributed by atoms with E-state index in [0.717, 1.165) is 22.5 Å². The molecule has 4 rings (SSSR count). The summed E-state index contributed by atoms with van der Waals surface area (Å²) >= 11 is 0. The number of anilines is 1. The Morgan fingerprint density at radius 3 is 2.96 bits per heavy atom. The quantitative estimate of drug-likeness (QED) is 0.573. The Kier molecular flexibility index (Phi) is 3.70. The highest BCUT2D eigenvalue weighted by molar-refractivity contribution is 5.88. The fraction of sp³-hybridized carbons (Fsp3) is 0.167. The van der Waals surface area contributed by atoms with Crippen LogP contribution >= 0.6 is 0 Å². The molecular formula is C18H17N5O. The van der Waals surface area contributed by atoms with Crippen LogP contribution in [-0.4, -0.2) is 33.0 Å². The van der Waals surface area contributed by atoms with E-state index in [1.807, 2.05) is 37.3 Å². The van der Waals surface area contributed by atoms with Gasteiger partial charge in [-0.05, 0) is 24.4 Å². The first-order valence-corrected chi connectivity index (χ1v) is 7.83. The molecule has 0 spiro atoms. The third-order valence-corrected chi connectivity index (χ3v) is 3.81. The average Bonchev–Trinajstić information content (AvgIpc) is 3.07. The number of hydrogen-bond acceptors (Lipinski definition) is 5. The van der Waals surface area contributed by atoms with Crippen LogP contribution < -0.4 is 10.1 Å². The van der Waals surface area contributed by atoms with Crippen molar-refractivity contribution in [1.29, 1.82) is 0 Å². The van der Waals surface area contributed by atoms with Gasteiger partial charge in [0.1, 0.15) is 18.7 Å². The topological polar surface area (TPSA) is 64.3 Å². The summed E-state index contributed by atoms with van der Waals surface area (Å²) in [6.45, 7) is 3.15. The van der Waals surface area contributed by atoms with E-state index < -0.39 is 0 Å². The summed E-state index contributed by atoms with van der Waals surface area (Å²) in [4.78, 5) is 0. The fourth-order valence-electron chi connectivity index (χ4n) is 2.75. The number of aromatic nitrogens is 4. The van der Waals surface area contributed by atoms with Crippen molar-refractivity contribution in [1.82, 2.24) is 19.8 Å². The van der Waals surface area contributed by atoms with Gasteiger partial charge >= 0.3 is 0 Å². The first-order valence-electron chi connectivity index (χ1n) is 7.83. The second-order valence-electron chi connectivity index (χ2n) is 5.55. The van der Waals surface area contributed by atoms with Crippen molar-refractivity contribution in [2.75, 3.05) is 18.5 Å². The molecular weight excluding hydrogens is 302 g/mol. The Labute approximate surface area is 139 Å². The van der Waals surface area contributed by atoms with E-state index in [0.29, 0.717) is 18.8 Å². The summed E-state index contributed by atoms with van der Waals surface area (Å²) in [5.74, 6) is 0.897. The van der Waals surface area contributed by atoms with E-state index in [1.165, 1.54) is 5.39 Å². The van der Waals surface area contributed by atoms with Gasteiger partial charge in [-0.2, -0.15) is 9.61 Å². The fourth-order valence-corrected chi connectivity index (χ4v) is 2.75. The molecule has 4 aromatic rings. The van der Waals surface area contributed by atoms with Crippen molar-refractivity contribution >= 4 is 22.1 Å². The van der Waals surface area contributed by atoms with E-state index in [1.54, 1.807) is 10.8 Å². The van der Waals surface area contributed by atoms with Crippen molar-refractivity contribution in [3.63, 3.8) is 0 Å². The van der Waals surface area contributed by atoms with Crippen molar-refractivity contribution in [3.8, 4) is 5.75 Å². The van der Waals surface area contributed by atoms with Crippen molar-refractivity contribution in [3.05, 3.63) is 60.6 Å². The molecule has 24 heavy (non-hydrogen) atoms. The zero-order valence-electron chi connectivity index (χ0n) is 13.3. The summed E-state index contributed by atoms with van der Waals surface area (Å²) < 4.78 is 7.61.